The van der Waals surface area contributed by atoms with Crippen LogP contribution in [0.1, 0.15) is 0 Å². The number of nitrogens with one attached hydrogen (secondary N) is 2. The molecule has 0 atom stereocenters. The molecule has 0 rings (SSSR count). The number of carbonyl (C=O) groups excluding carboxylic acids is 2. The van der Waals surface area contributed by atoms with E-state index in [9.17, 15) is 9.59 Å². The molecule has 0 aliphatic heterocycles. The van der Waals surface area contributed by atoms with Crippen LogP contribution in [0.3, 0.4) is 0 Å². The van der Waals surface area contributed by atoms with Crippen molar-refractivity contribution in [1.29, 1.82) is 0 Å². The molecule has 8 nitrogen and oxygen atoms in total. The van der Waals surface area contributed by atoms with Crippen LogP contribution < -0.4 is 28.4 Å². The van der Waals surface area contributed by atoms with Crippen molar-refractivity contribution in [3.63, 3.8) is 0 Å². The first-order valence-electron chi connectivity index (χ1n) is 3.08. The number of amides is 2. The molecule has 0 aliphatic rings. The third-order valence-corrected chi connectivity index (χ3v) is 1.02. The highest BCUT2D eigenvalue weighted by Crippen LogP contribution is 1.75. The summed E-state index contributed by atoms with van der Waals surface area (Å²) in [5.74, 6) is 13.8. The van der Waals surface area contributed by atoms with Gasteiger partial charge in [-0.25, -0.2) is 16.7 Å². The van der Waals surface area contributed by atoms with Crippen LogP contribution in [0.15, 0.2) is 0 Å². The molecule has 8 heteroatoms. The van der Waals surface area contributed by atoms with E-state index < -0.39 is 11.8 Å². The summed E-state index contributed by atoms with van der Waals surface area (Å²) in [5, 5.41) is 0.977. The predicted molar refractivity (Wildman–Crippen MR) is 40.4 cm³/mol. The lowest BCUT2D eigenvalue weighted by molar-refractivity contribution is -0.125. The Balaban J connectivity index is 3.66. The van der Waals surface area contributed by atoms with Crippen molar-refractivity contribution in [2.24, 2.45) is 17.5 Å². The Hall–Kier alpha value is -1.22. The monoisotopic (exact) mass is 176 g/mol. The van der Waals surface area contributed by atoms with Gasteiger partial charge in [0, 0.05) is 0 Å². The Labute approximate surface area is 68.9 Å². The van der Waals surface area contributed by atoms with Gasteiger partial charge in [0.15, 0.2) is 0 Å². The molecule has 0 heterocycles. The summed E-state index contributed by atoms with van der Waals surface area (Å²) < 4.78 is 0. The van der Waals surface area contributed by atoms with Crippen LogP contribution in [-0.2, 0) is 9.59 Å². The van der Waals surface area contributed by atoms with E-state index >= 15 is 0 Å². The molecule has 0 aromatic heterocycles. The summed E-state index contributed by atoms with van der Waals surface area (Å²) in [5.41, 5.74) is 3.73. The van der Waals surface area contributed by atoms with Crippen LogP contribution in [0.4, 0.5) is 0 Å². The van der Waals surface area contributed by atoms with Gasteiger partial charge in [-0.2, -0.15) is 0 Å². The van der Waals surface area contributed by atoms with Crippen molar-refractivity contribution in [3.8, 4) is 0 Å². The first kappa shape index (κ1) is 10.8. The quantitative estimate of drug-likeness (QED) is 0.169. The van der Waals surface area contributed by atoms with Gasteiger partial charge in [0.25, 0.3) is 0 Å². The molecule has 0 aromatic rings. The minimum atomic E-state index is -0.484. The smallest absolute Gasteiger partial charge is 0.249 e. The zero-order valence-electron chi connectivity index (χ0n) is 6.41. The van der Waals surface area contributed by atoms with E-state index in [1.54, 1.807) is 0 Å². The third-order valence-electron chi connectivity index (χ3n) is 1.02. The molecule has 0 aliphatic carbocycles. The molecule has 0 spiro atoms. The third kappa shape index (κ3) is 4.57. The minimum Gasteiger partial charge on any atom is -0.293 e. The number of nitrogens with zero attached hydrogens (tertiary/aromatic N) is 1. The fourth-order valence-corrected chi connectivity index (χ4v) is 0.516. The number of hydrazine groups is 3. The zero-order chi connectivity index (χ0) is 9.56. The Bertz CT molecular complexity index is 153. The van der Waals surface area contributed by atoms with Crippen LogP contribution >= 0.6 is 0 Å². The van der Waals surface area contributed by atoms with Gasteiger partial charge >= 0.3 is 0 Å². The van der Waals surface area contributed by atoms with Gasteiger partial charge in [-0.15, -0.1) is 0 Å². The summed E-state index contributed by atoms with van der Waals surface area (Å²) in [7, 11) is 0. The van der Waals surface area contributed by atoms with Gasteiger partial charge < -0.3 is 0 Å². The maximum Gasteiger partial charge on any atom is 0.249 e. The van der Waals surface area contributed by atoms with Crippen molar-refractivity contribution < 1.29 is 9.59 Å². The molecule has 12 heavy (non-hydrogen) atoms. The predicted octanol–water partition coefficient (Wildman–Crippen LogP) is -3.86. The van der Waals surface area contributed by atoms with Gasteiger partial charge in [0.2, 0.25) is 11.8 Å². The fourth-order valence-electron chi connectivity index (χ4n) is 0.516. The van der Waals surface area contributed by atoms with Gasteiger partial charge in [-0.3, -0.25) is 26.3 Å². The molecule has 70 valence electrons. The first-order chi connectivity index (χ1) is 5.60. The van der Waals surface area contributed by atoms with Crippen molar-refractivity contribution in [3.05, 3.63) is 0 Å². The number of hydrogen-bond acceptors (Lipinski definition) is 6. The Kier molecular flexibility index (Phi) is 4.88. The molecular formula is C4H12N6O2. The second-order valence-electron chi connectivity index (χ2n) is 2.04. The van der Waals surface area contributed by atoms with Crippen molar-refractivity contribution in [1.82, 2.24) is 15.9 Å². The van der Waals surface area contributed by atoms with Crippen molar-refractivity contribution in [2.45, 2.75) is 0 Å². The van der Waals surface area contributed by atoms with E-state index in [0.29, 0.717) is 0 Å². The average molecular weight is 176 g/mol. The highest BCUT2D eigenvalue weighted by Gasteiger charge is 2.08. The van der Waals surface area contributed by atoms with Crippen LogP contribution in [0, 0.1) is 0 Å². The van der Waals surface area contributed by atoms with Crippen LogP contribution in [0.25, 0.3) is 0 Å². The molecule has 0 aromatic carbocycles. The highest BCUT2D eigenvalue weighted by molar-refractivity contribution is 5.80. The topological polar surface area (TPSA) is 140 Å². The zero-order valence-corrected chi connectivity index (χ0v) is 6.41. The summed E-state index contributed by atoms with van der Waals surface area (Å²) in [6.07, 6.45) is 0. The molecule has 0 bridgehead atoms. The maximum atomic E-state index is 10.6. The van der Waals surface area contributed by atoms with Crippen molar-refractivity contribution in [2.75, 3.05) is 13.1 Å². The minimum absolute atomic E-state index is 0.163. The fraction of sp³-hybridized carbons (Fsp3) is 0.500. The van der Waals surface area contributed by atoms with Crippen LogP contribution in [-0.4, -0.2) is 29.9 Å². The van der Waals surface area contributed by atoms with Gasteiger partial charge in [0.05, 0.1) is 13.1 Å². The average Bonchev–Trinajstić information content (AvgIpc) is 2.03. The molecule has 0 unspecified atom stereocenters. The molecular weight excluding hydrogens is 164 g/mol. The van der Waals surface area contributed by atoms with E-state index in [0.717, 1.165) is 5.01 Å². The Morgan fingerprint density at radius 1 is 1.08 bits per heavy atom. The Morgan fingerprint density at radius 3 is 1.67 bits per heavy atom. The lowest BCUT2D eigenvalue weighted by Gasteiger charge is -2.12. The second kappa shape index (κ2) is 5.43. The number of carbonyl (C=O) groups is 2. The maximum absolute atomic E-state index is 10.6. The molecule has 0 saturated heterocycles. The van der Waals surface area contributed by atoms with E-state index in [1.165, 1.54) is 0 Å². The number of hydrogen-bond donors (Lipinski definition) is 5. The summed E-state index contributed by atoms with van der Waals surface area (Å²) in [6.45, 7) is -0.326. The summed E-state index contributed by atoms with van der Waals surface area (Å²) >= 11 is 0. The molecule has 2 amide bonds. The lowest BCUT2D eigenvalue weighted by atomic mass is 10.5. The molecule has 0 fully saturated rings. The molecule has 8 N–H and O–H groups in total. The number of rotatable bonds is 4. The van der Waals surface area contributed by atoms with E-state index in [2.05, 4.69) is 0 Å². The second-order valence-corrected chi connectivity index (χ2v) is 2.04. The van der Waals surface area contributed by atoms with E-state index in [1.807, 2.05) is 10.9 Å². The standard InChI is InChI=1S/C4H12N6O2/c5-8-3(11)1-10(7)2-4(12)9-6/h1-2,5-7H2,(H,8,11)(H,9,12). The van der Waals surface area contributed by atoms with Crippen molar-refractivity contribution >= 4 is 11.8 Å². The Morgan fingerprint density at radius 2 is 1.42 bits per heavy atom. The SMILES string of the molecule is NNC(=O)CN(N)CC(=O)NN. The van der Waals surface area contributed by atoms with Crippen LogP contribution in [0.5, 0.6) is 0 Å². The van der Waals surface area contributed by atoms with Crippen LogP contribution in [0.2, 0.25) is 0 Å². The first-order valence-corrected chi connectivity index (χ1v) is 3.08. The van der Waals surface area contributed by atoms with E-state index in [-0.39, 0.29) is 13.1 Å². The summed E-state index contributed by atoms with van der Waals surface area (Å²) in [6, 6.07) is 0. The van der Waals surface area contributed by atoms with E-state index in [4.69, 9.17) is 17.5 Å². The largest absolute Gasteiger partial charge is 0.293 e. The highest BCUT2D eigenvalue weighted by atomic mass is 16.2. The van der Waals surface area contributed by atoms with Gasteiger partial charge in [0.1, 0.15) is 0 Å². The normalized spacial score (nSPS) is 9.67. The lowest BCUT2D eigenvalue weighted by Crippen LogP contribution is -2.48. The van der Waals surface area contributed by atoms with Gasteiger partial charge in [-0.05, 0) is 0 Å². The molecule has 0 radical (unpaired) electrons. The number of nitrogens with two attached hydrogens (primary N) is 3. The van der Waals surface area contributed by atoms with Gasteiger partial charge in [-0.1, -0.05) is 0 Å². The molecule has 0 saturated carbocycles. The summed E-state index contributed by atoms with van der Waals surface area (Å²) in [4.78, 5) is 21.1.